The van der Waals surface area contributed by atoms with E-state index in [0.717, 1.165) is 24.9 Å². The van der Waals surface area contributed by atoms with Gasteiger partial charge in [0.2, 0.25) is 5.91 Å². The van der Waals surface area contributed by atoms with Crippen LogP contribution >= 0.6 is 0 Å². The van der Waals surface area contributed by atoms with E-state index in [0.29, 0.717) is 11.9 Å². The SMILES string of the molecule is CCC1(C)NCN(C2CC(C)CC(C)C2)C1=O. The van der Waals surface area contributed by atoms with Crippen LogP contribution in [0.3, 0.4) is 0 Å². The van der Waals surface area contributed by atoms with E-state index in [1.807, 2.05) is 6.92 Å². The molecule has 1 saturated heterocycles. The lowest BCUT2D eigenvalue weighted by molar-refractivity contribution is -0.135. The Morgan fingerprint density at radius 2 is 1.88 bits per heavy atom. The van der Waals surface area contributed by atoms with Crippen molar-refractivity contribution in [3.05, 3.63) is 0 Å². The van der Waals surface area contributed by atoms with Gasteiger partial charge >= 0.3 is 0 Å². The third-order valence-electron chi connectivity index (χ3n) is 4.67. The van der Waals surface area contributed by atoms with Crippen LogP contribution in [0, 0.1) is 11.8 Å². The van der Waals surface area contributed by atoms with Gasteiger partial charge in [0.05, 0.1) is 12.2 Å². The molecular weight excluding hydrogens is 212 g/mol. The Bertz CT molecular complexity index is 295. The average Bonchev–Trinajstić information content (AvgIpc) is 2.55. The second-order valence-corrected chi connectivity index (χ2v) is 6.37. The maximum Gasteiger partial charge on any atom is 0.243 e. The molecule has 98 valence electrons. The van der Waals surface area contributed by atoms with Gasteiger partial charge in [-0.2, -0.15) is 0 Å². The second kappa shape index (κ2) is 4.60. The molecule has 0 radical (unpaired) electrons. The molecule has 1 aliphatic carbocycles. The van der Waals surface area contributed by atoms with Gasteiger partial charge in [-0.3, -0.25) is 10.1 Å². The summed E-state index contributed by atoms with van der Waals surface area (Å²) in [6.07, 6.45) is 4.55. The summed E-state index contributed by atoms with van der Waals surface area (Å²) in [6.45, 7) is 9.49. The van der Waals surface area contributed by atoms with Crippen molar-refractivity contribution < 1.29 is 4.79 Å². The summed E-state index contributed by atoms with van der Waals surface area (Å²) < 4.78 is 0. The fourth-order valence-corrected chi connectivity index (χ4v) is 3.45. The lowest BCUT2D eigenvalue weighted by Crippen LogP contribution is -2.46. The van der Waals surface area contributed by atoms with Gasteiger partial charge in [-0.05, 0) is 44.4 Å². The third kappa shape index (κ3) is 2.35. The van der Waals surface area contributed by atoms with Crippen LogP contribution < -0.4 is 5.32 Å². The van der Waals surface area contributed by atoms with Crippen LogP contribution in [-0.4, -0.2) is 29.1 Å². The molecule has 2 aliphatic rings. The van der Waals surface area contributed by atoms with E-state index in [1.165, 1.54) is 19.3 Å². The van der Waals surface area contributed by atoms with Gasteiger partial charge in [0.25, 0.3) is 0 Å². The Morgan fingerprint density at radius 1 is 1.29 bits per heavy atom. The van der Waals surface area contributed by atoms with Crippen molar-refractivity contribution in [3.8, 4) is 0 Å². The van der Waals surface area contributed by atoms with Gasteiger partial charge in [0.15, 0.2) is 0 Å². The van der Waals surface area contributed by atoms with E-state index in [-0.39, 0.29) is 5.54 Å². The molecule has 3 atom stereocenters. The number of rotatable bonds is 2. The zero-order chi connectivity index (χ0) is 12.6. The highest BCUT2D eigenvalue weighted by atomic mass is 16.2. The maximum absolute atomic E-state index is 12.4. The molecule has 1 N–H and O–H groups in total. The Labute approximate surface area is 105 Å². The lowest BCUT2D eigenvalue weighted by Gasteiger charge is -2.37. The molecule has 3 nitrogen and oxygen atoms in total. The van der Waals surface area contributed by atoms with E-state index in [9.17, 15) is 4.79 Å². The predicted octanol–water partition coefficient (Wildman–Crippen LogP) is 2.37. The minimum absolute atomic E-state index is 0.311. The van der Waals surface area contributed by atoms with Gasteiger partial charge in [-0.1, -0.05) is 20.8 Å². The largest absolute Gasteiger partial charge is 0.325 e. The van der Waals surface area contributed by atoms with Crippen molar-refractivity contribution in [1.82, 2.24) is 10.2 Å². The number of nitrogens with one attached hydrogen (secondary N) is 1. The molecule has 1 aliphatic heterocycles. The van der Waals surface area contributed by atoms with Crippen molar-refractivity contribution in [2.24, 2.45) is 11.8 Å². The van der Waals surface area contributed by atoms with E-state index in [4.69, 9.17) is 0 Å². The standard InChI is InChI=1S/C14H26N2O/c1-5-14(4)13(17)16(9-15-14)12-7-10(2)6-11(3)8-12/h10-12,15H,5-9H2,1-4H3. The minimum atomic E-state index is -0.316. The first kappa shape index (κ1) is 12.9. The molecule has 0 aromatic carbocycles. The molecule has 1 heterocycles. The molecule has 3 heteroatoms. The first-order chi connectivity index (χ1) is 7.96. The van der Waals surface area contributed by atoms with Crippen LogP contribution in [0.25, 0.3) is 0 Å². The quantitative estimate of drug-likeness (QED) is 0.801. The molecule has 0 bridgehead atoms. The highest BCUT2D eigenvalue weighted by Crippen LogP contribution is 2.34. The summed E-state index contributed by atoms with van der Waals surface area (Å²) in [5.74, 6) is 1.82. The Balaban J connectivity index is 2.06. The van der Waals surface area contributed by atoms with Crippen LogP contribution in [-0.2, 0) is 4.79 Å². The molecule has 1 amide bonds. The fraction of sp³-hybridized carbons (Fsp3) is 0.929. The molecule has 0 aromatic heterocycles. The molecule has 1 saturated carbocycles. The smallest absolute Gasteiger partial charge is 0.243 e. The Kier molecular flexibility index (Phi) is 3.48. The van der Waals surface area contributed by atoms with E-state index < -0.39 is 0 Å². The second-order valence-electron chi connectivity index (χ2n) is 6.37. The lowest BCUT2D eigenvalue weighted by atomic mass is 9.79. The highest BCUT2D eigenvalue weighted by Gasteiger charge is 2.44. The van der Waals surface area contributed by atoms with Crippen molar-refractivity contribution in [3.63, 3.8) is 0 Å². The van der Waals surface area contributed by atoms with E-state index >= 15 is 0 Å². The normalized spacial score (nSPS) is 43.2. The van der Waals surface area contributed by atoms with Gasteiger partial charge in [0, 0.05) is 6.04 Å². The zero-order valence-electron chi connectivity index (χ0n) is 11.6. The van der Waals surface area contributed by atoms with E-state index in [1.54, 1.807) is 0 Å². The van der Waals surface area contributed by atoms with Gasteiger partial charge in [0.1, 0.15) is 0 Å². The highest BCUT2D eigenvalue weighted by molar-refractivity contribution is 5.88. The summed E-state index contributed by atoms with van der Waals surface area (Å²) in [5, 5.41) is 3.39. The Hall–Kier alpha value is -0.570. The summed E-state index contributed by atoms with van der Waals surface area (Å²) in [6, 6.07) is 0.460. The maximum atomic E-state index is 12.4. The molecule has 0 aromatic rings. The van der Waals surface area contributed by atoms with E-state index in [2.05, 4.69) is 31.0 Å². The molecule has 3 unspecified atom stereocenters. The van der Waals surface area contributed by atoms with Crippen LogP contribution in [0.1, 0.15) is 53.4 Å². The van der Waals surface area contributed by atoms with Crippen LogP contribution in [0.5, 0.6) is 0 Å². The van der Waals surface area contributed by atoms with Crippen LogP contribution in [0.15, 0.2) is 0 Å². The van der Waals surface area contributed by atoms with Crippen molar-refractivity contribution in [2.45, 2.75) is 65.0 Å². The number of hydrogen-bond donors (Lipinski definition) is 1. The number of hydrogen-bond acceptors (Lipinski definition) is 2. The number of carbonyl (C=O) groups is 1. The van der Waals surface area contributed by atoms with Crippen molar-refractivity contribution in [1.29, 1.82) is 0 Å². The summed E-state index contributed by atoms with van der Waals surface area (Å²) in [4.78, 5) is 14.5. The third-order valence-corrected chi connectivity index (χ3v) is 4.67. The number of carbonyl (C=O) groups excluding carboxylic acids is 1. The topological polar surface area (TPSA) is 32.3 Å². The van der Waals surface area contributed by atoms with Crippen molar-refractivity contribution in [2.75, 3.05) is 6.67 Å². The van der Waals surface area contributed by atoms with Crippen LogP contribution in [0.2, 0.25) is 0 Å². The monoisotopic (exact) mass is 238 g/mol. The van der Waals surface area contributed by atoms with Gasteiger partial charge in [-0.15, -0.1) is 0 Å². The summed E-state index contributed by atoms with van der Waals surface area (Å²) in [5.41, 5.74) is -0.316. The molecule has 2 fully saturated rings. The zero-order valence-corrected chi connectivity index (χ0v) is 11.6. The molecular formula is C14H26N2O. The van der Waals surface area contributed by atoms with Gasteiger partial charge in [-0.25, -0.2) is 0 Å². The molecule has 2 rings (SSSR count). The minimum Gasteiger partial charge on any atom is -0.325 e. The number of amides is 1. The summed E-state index contributed by atoms with van der Waals surface area (Å²) in [7, 11) is 0. The van der Waals surface area contributed by atoms with Crippen LogP contribution in [0.4, 0.5) is 0 Å². The first-order valence-electron chi connectivity index (χ1n) is 7.02. The Morgan fingerprint density at radius 3 is 2.35 bits per heavy atom. The predicted molar refractivity (Wildman–Crippen MR) is 69.5 cm³/mol. The first-order valence-corrected chi connectivity index (χ1v) is 7.02. The number of nitrogens with zero attached hydrogens (tertiary/aromatic N) is 1. The average molecular weight is 238 g/mol. The van der Waals surface area contributed by atoms with Crippen molar-refractivity contribution >= 4 is 5.91 Å². The fourth-order valence-electron chi connectivity index (χ4n) is 3.45. The molecule has 0 spiro atoms. The molecule has 17 heavy (non-hydrogen) atoms. The summed E-state index contributed by atoms with van der Waals surface area (Å²) >= 11 is 0. The van der Waals surface area contributed by atoms with Gasteiger partial charge < -0.3 is 4.90 Å².